The molecule has 25 heavy (non-hydrogen) atoms. The van der Waals surface area contributed by atoms with E-state index in [0.29, 0.717) is 32.7 Å². The third kappa shape index (κ3) is 4.71. The molecule has 2 aliphatic carbocycles. The average molecular weight is 358 g/mol. The Morgan fingerprint density at radius 2 is 1.16 bits per heavy atom. The van der Waals surface area contributed by atoms with Crippen molar-refractivity contribution in [2.75, 3.05) is 26.4 Å². The number of hydrogen-bond donors (Lipinski definition) is 1. The van der Waals surface area contributed by atoms with Gasteiger partial charge in [0.2, 0.25) is 0 Å². The van der Waals surface area contributed by atoms with E-state index < -0.39 is 22.8 Å². The molecule has 0 aromatic rings. The minimum atomic E-state index is -0.980. The Hall–Kier alpha value is -1.63. The van der Waals surface area contributed by atoms with Crippen LogP contribution in [-0.4, -0.2) is 49.4 Å². The molecule has 0 aromatic carbocycles. The molecule has 2 saturated carbocycles. The summed E-state index contributed by atoms with van der Waals surface area (Å²) in [6, 6.07) is 0. The summed E-state index contributed by atoms with van der Waals surface area (Å²) in [6.07, 6.45) is 4.59. The highest BCUT2D eigenvalue weighted by Crippen LogP contribution is 2.43. The number of carbonyl (C=O) groups excluding carboxylic acids is 3. The molecule has 0 spiro atoms. The van der Waals surface area contributed by atoms with Gasteiger partial charge < -0.3 is 19.3 Å². The average Bonchev–Trinajstić information content (AvgIpc) is 2.47. The highest BCUT2D eigenvalue weighted by atomic mass is 16.6. The van der Waals surface area contributed by atoms with Crippen LogP contribution in [0.15, 0.2) is 0 Å². The fraction of sp³-hybridized carbons (Fsp3) is 0.833. The van der Waals surface area contributed by atoms with Gasteiger partial charge in [0.05, 0.1) is 31.8 Å². The number of aliphatic hydroxyl groups is 1. The Bertz CT molecular complexity index is 439. The molecular weight excluding hydrogens is 328 g/mol. The van der Waals surface area contributed by atoms with Crippen LogP contribution in [0.2, 0.25) is 0 Å². The molecular formula is C18H30O7. The van der Waals surface area contributed by atoms with E-state index in [9.17, 15) is 14.4 Å². The van der Waals surface area contributed by atoms with E-state index in [-0.39, 0.29) is 12.6 Å². The lowest BCUT2D eigenvalue weighted by atomic mass is 9.69. The van der Waals surface area contributed by atoms with Crippen molar-refractivity contribution in [2.24, 2.45) is 10.8 Å². The van der Waals surface area contributed by atoms with Gasteiger partial charge in [0.15, 0.2) is 5.41 Å². The molecule has 0 bridgehead atoms. The zero-order chi connectivity index (χ0) is 18.9. The third-order valence-electron chi connectivity index (χ3n) is 4.86. The first kappa shape index (κ1) is 21.4. The van der Waals surface area contributed by atoms with Gasteiger partial charge in [0, 0.05) is 0 Å². The fourth-order valence-electron chi connectivity index (χ4n) is 2.87. The number of rotatable bonds is 7. The van der Waals surface area contributed by atoms with E-state index in [1.54, 1.807) is 20.8 Å². The van der Waals surface area contributed by atoms with Crippen LogP contribution >= 0.6 is 0 Å². The van der Waals surface area contributed by atoms with Crippen LogP contribution in [-0.2, 0) is 28.6 Å². The van der Waals surface area contributed by atoms with E-state index in [0.717, 1.165) is 25.7 Å². The summed E-state index contributed by atoms with van der Waals surface area (Å²) in [6.45, 7) is 6.19. The summed E-state index contributed by atoms with van der Waals surface area (Å²) < 4.78 is 14.6. The van der Waals surface area contributed by atoms with Gasteiger partial charge in [0.1, 0.15) is 0 Å². The molecule has 0 unspecified atom stereocenters. The number of ether oxygens (including phenoxy) is 3. The van der Waals surface area contributed by atoms with Crippen LogP contribution in [0.5, 0.6) is 0 Å². The molecule has 2 aliphatic rings. The number of carbonyl (C=O) groups is 3. The van der Waals surface area contributed by atoms with Crippen molar-refractivity contribution in [1.82, 2.24) is 0 Å². The van der Waals surface area contributed by atoms with Crippen molar-refractivity contribution in [3.63, 3.8) is 0 Å². The van der Waals surface area contributed by atoms with Crippen LogP contribution in [0.25, 0.3) is 0 Å². The monoisotopic (exact) mass is 358 g/mol. The molecule has 2 fully saturated rings. The Kier molecular flexibility index (Phi) is 8.35. The summed E-state index contributed by atoms with van der Waals surface area (Å²) in [5.41, 5.74) is -1.51. The van der Waals surface area contributed by atoms with Crippen molar-refractivity contribution in [1.29, 1.82) is 0 Å². The Labute approximate surface area is 149 Å². The minimum Gasteiger partial charge on any atom is -0.465 e. The maximum atomic E-state index is 11.5. The van der Waals surface area contributed by atoms with E-state index in [1.165, 1.54) is 0 Å². The van der Waals surface area contributed by atoms with Crippen LogP contribution in [0, 0.1) is 10.8 Å². The fourth-order valence-corrected chi connectivity index (χ4v) is 2.87. The molecule has 0 aliphatic heterocycles. The van der Waals surface area contributed by atoms with E-state index in [2.05, 4.69) is 0 Å². The van der Waals surface area contributed by atoms with Gasteiger partial charge in [0.25, 0.3) is 0 Å². The van der Waals surface area contributed by atoms with E-state index in [1.807, 2.05) is 0 Å². The molecule has 1 N–H and O–H groups in total. The molecule has 0 atom stereocenters. The molecule has 7 nitrogen and oxygen atoms in total. The lowest BCUT2D eigenvalue weighted by Crippen LogP contribution is -2.47. The molecule has 7 heteroatoms. The van der Waals surface area contributed by atoms with Gasteiger partial charge in [-0.25, -0.2) is 0 Å². The molecule has 144 valence electrons. The molecule has 0 heterocycles. The smallest absolute Gasteiger partial charge is 0.323 e. The first-order valence-corrected chi connectivity index (χ1v) is 9.05. The lowest BCUT2D eigenvalue weighted by molar-refractivity contribution is -0.179. The zero-order valence-corrected chi connectivity index (χ0v) is 15.5. The van der Waals surface area contributed by atoms with Crippen LogP contribution < -0.4 is 0 Å². The van der Waals surface area contributed by atoms with Crippen molar-refractivity contribution in [2.45, 2.75) is 59.3 Å². The summed E-state index contributed by atoms with van der Waals surface area (Å²) in [7, 11) is 0. The third-order valence-corrected chi connectivity index (χ3v) is 4.86. The van der Waals surface area contributed by atoms with Crippen molar-refractivity contribution < 1.29 is 33.7 Å². The highest BCUT2D eigenvalue weighted by molar-refractivity contribution is 6.01. The van der Waals surface area contributed by atoms with Crippen molar-refractivity contribution in [3.8, 4) is 0 Å². The summed E-state index contributed by atoms with van der Waals surface area (Å²) in [5.74, 6) is -1.08. The topological polar surface area (TPSA) is 99.1 Å². The number of esters is 3. The first-order valence-electron chi connectivity index (χ1n) is 9.05. The zero-order valence-electron chi connectivity index (χ0n) is 15.5. The molecule has 2 rings (SSSR count). The highest BCUT2D eigenvalue weighted by Gasteiger charge is 2.53. The second kappa shape index (κ2) is 9.75. The van der Waals surface area contributed by atoms with Crippen LogP contribution in [0.4, 0.5) is 0 Å². The second-order valence-corrected chi connectivity index (χ2v) is 6.39. The lowest BCUT2D eigenvalue weighted by Gasteiger charge is -2.37. The SMILES string of the molecule is CCOC(=O)C1(C(=O)OCC)CCC1.CCOC(=O)C1(CO)CCC1. The van der Waals surface area contributed by atoms with Crippen molar-refractivity contribution >= 4 is 17.9 Å². The Morgan fingerprint density at radius 1 is 0.760 bits per heavy atom. The predicted molar refractivity (Wildman–Crippen MR) is 89.6 cm³/mol. The minimum absolute atomic E-state index is 0.0637. The van der Waals surface area contributed by atoms with Gasteiger partial charge in [-0.1, -0.05) is 6.42 Å². The second-order valence-electron chi connectivity index (χ2n) is 6.39. The maximum absolute atomic E-state index is 11.5. The molecule has 0 saturated heterocycles. The van der Waals surface area contributed by atoms with E-state index >= 15 is 0 Å². The number of aliphatic hydroxyl groups excluding tert-OH is 1. The van der Waals surface area contributed by atoms with Crippen LogP contribution in [0.1, 0.15) is 59.3 Å². The molecule has 0 aromatic heterocycles. The normalized spacial score (nSPS) is 19.2. The maximum Gasteiger partial charge on any atom is 0.323 e. The van der Waals surface area contributed by atoms with Crippen molar-refractivity contribution in [3.05, 3.63) is 0 Å². The first-order chi connectivity index (χ1) is 11.9. The van der Waals surface area contributed by atoms with Gasteiger partial charge in [-0.15, -0.1) is 0 Å². The van der Waals surface area contributed by atoms with Crippen LogP contribution in [0.3, 0.4) is 0 Å². The summed E-state index contributed by atoms with van der Waals surface area (Å²) >= 11 is 0. The number of hydrogen-bond acceptors (Lipinski definition) is 7. The molecule has 0 amide bonds. The Morgan fingerprint density at radius 3 is 1.40 bits per heavy atom. The predicted octanol–water partition coefficient (Wildman–Crippen LogP) is 1.99. The quantitative estimate of drug-likeness (QED) is 0.422. The standard InChI is InChI=1S/C10H16O4.C8H14O3/c1-3-13-8(11)10(6-5-7-10)9(12)14-4-2;1-2-11-7(10)8(6-9)4-3-5-8/h3-7H2,1-2H3;9H,2-6H2,1H3. The van der Waals surface area contributed by atoms with Gasteiger partial charge >= 0.3 is 17.9 Å². The molecule has 0 radical (unpaired) electrons. The van der Waals surface area contributed by atoms with Gasteiger partial charge in [-0.05, 0) is 52.9 Å². The summed E-state index contributed by atoms with van der Waals surface area (Å²) in [5, 5.41) is 8.93. The largest absolute Gasteiger partial charge is 0.465 e. The summed E-state index contributed by atoms with van der Waals surface area (Å²) in [4.78, 5) is 34.3. The van der Waals surface area contributed by atoms with E-state index in [4.69, 9.17) is 19.3 Å². The Balaban J connectivity index is 0.000000257. The van der Waals surface area contributed by atoms with Gasteiger partial charge in [-0.2, -0.15) is 0 Å². The van der Waals surface area contributed by atoms with Gasteiger partial charge in [-0.3, -0.25) is 14.4 Å².